The van der Waals surface area contributed by atoms with Crippen molar-refractivity contribution >= 4 is 5.91 Å². The molecule has 1 aliphatic rings. The Bertz CT molecular complexity index is 390. The maximum atomic E-state index is 11.6. The van der Waals surface area contributed by atoms with Crippen molar-refractivity contribution < 1.29 is 19.7 Å². The van der Waals surface area contributed by atoms with Crippen LogP contribution in [0.1, 0.15) is 5.56 Å². The summed E-state index contributed by atoms with van der Waals surface area (Å²) in [4.78, 5) is 13.2. The minimum atomic E-state index is -0.301. The number of aliphatic hydroxyl groups is 1. The van der Waals surface area contributed by atoms with Gasteiger partial charge in [-0.3, -0.25) is 4.79 Å². The molecule has 0 saturated carbocycles. The predicted octanol–water partition coefficient (Wildman–Crippen LogP) is 0.112. The molecule has 17 heavy (non-hydrogen) atoms. The number of morpholine rings is 1. The van der Waals surface area contributed by atoms with Gasteiger partial charge in [-0.1, -0.05) is 12.1 Å². The smallest absolute Gasteiger partial charge is 0.248 e. The maximum absolute atomic E-state index is 11.6. The molecule has 92 valence electrons. The molecule has 1 aliphatic heterocycles. The van der Waals surface area contributed by atoms with Gasteiger partial charge >= 0.3 is 0 Å². The largest absolute Gasteiger partial charge is 0.508 e. The number of carbonyl (C=O) groups is 1. The molecular formula is C12H15NO4. The summed E-state index contributed by atoms with van der Waals surface area (Å²) in [6.45, 7) is 0.803. The maximum Gasteiger partial charge on any atom is 0.248 e. The number of nitrogens with zero attached hydrogens (tertiary/aromatic N) is 1. The zero-order valence-electron chi connectivity index (χ0n) is 9.37. The summed E-state index contributed by atoms with van der Waals surface area (Å²) in [7, 11) is 0. The minimum Gasteiger partial charge on any atom is -0.508 e. The highest BCUT2D eigenvalue weighted by molar-refractivity contribution is 5.78. The first-order chi connectivity index (χ1) is 8.19. The summed E-state index contributed by atoms with van der Waals surface area (Å²) in [5.74, 6) is 0.123. The molecule has 5 heteroatoms. The highest BCUT2D eigenvalue weighted by Gasteiger charge is 2.25. The number of amides is 1. The molecule has 1 aromatic carbocycles. The highest BCUT2D eigenvalue weighted by Crippen LogP contribution is 2.14. The normalized spacial score (nSPS) is 20.6. The standard InChI is InChI=1S/C12H15NO4/c14-7-11-6-13(12(16)8-17-11)5-9-1-3-10(15)4-2-9/h1-4,11,14-15H,5-8H2. The lowest BCUT2D eigenvalue weighted by Crippen LogP contribution is -2.47. The van der Waals surface area contributed by atoms with Gasteiger partial charge in [-0.15, -0.1) is 0 Å². The molecule has 1 fully saturated rings. The number of aliphatic hydroxyl groups excluding tert-OH is 1. The molecule has 1 unspecified atom stereocenters. The Labute approximate surface area is 99.2 Å². The van der Waals surface area contributed by atoms with Crippen LogP contribution in [0.2, 0.25) is 0 Å². The third-order valence-electron chi connectivity index (χ3n) is 2.73. The number of phenolic OH excluding ortho intramolecular Hbond substituents is 1. The number of ether oxygens (including phenoxy) is 1. The second kappa shape index (κ2) is 5.16. The van der Waals surface area contributed by atoms with E-state index < -0.39 is 0 Å². The molecular weight excluding hydrogens is 222 g/mol. The molecule has 0 bridgehead atoms. The number of hydrogen-bond donors (Lipinski definition) is 2. The Balaban J connectivity index is 2.01. The van der Waals surface area contributed by atoms with Crippen LogP contribution in [-0.4, -0.2) is 46.9 Å². The zero-order valence-corrected chi connectivity index (χ0v) is 9.37. The number of rotatable bonds is 3. The number of benzene rings is 1. The van der Waals surface area contributed by atoms with Crippen molar-refractivity contribution in [2.75, 3.05) is 19.8 Å². The van der Waals surface area contributed by atoms with Crippen molar-refractivity contribution in [3.05, 3.63) is 29.8 Å². The van der Waals surface area contributed by atoms with E-state index in [4.69, 9.17) is 14.9 Å². The van der Waals surface area contributed by atoms with Gasteiger partial charge in [-0.05, 0) is 17.7 Å². The van der Waals surface area contributed by atoms with Gasteiger partial charge in [0.1, 0.15) is 12.4 Å². The van der Waals surface area contributed by atoms with Crippen LogP contribution in [0.25, 0.3) is 0 Å². The van der Waals surface area contributed by atoms with Crippen LogP contribution in [0.5, 0.6) is 5.75 Å². The Morgan fingerprint density at radius 1 is 1.35 bits per heavy atom. The van der Waals surface area contributed by atoms with E-state index in [1.165, 1.54) is 0 Å². The minimum absolute atomic E-state index is 0.0172. The van der Waals surface area contributed by atoms with Gasteiger partial charge in [0.15, 0.2) is 0 Å². The fourth-order valence-electron chi connectivity index (χ4n) is 1.77. The lowest BCUT2D eigenvalue weighted by Gasteiger charge is -2.31. The van der Waals surface area contributed by atoms with E-state index in [0.29, 0.717) is 13.1 Å². The third kappa shape index (κ3) is 2.95. The van der Waals surface area contributed by atoms with Crippen LogP contribution < -0.4 is 0 Å². The summed E-state index contributed by atoms with van der Waals surface area (Å²) in [5.41, 5.74) is 0.940. The Morgan fingerprint density at radius 2 is 2.06 bits per heavy atom. The van der Waals surface area contributed by atoms with Crippen LogP contribution in [-0.2, 0) is 16.1 Å². The average Bonchev–Trinajstić information content (AvgIpc) is 2.35. The van der Waals surface area contributed by atoms with Crippen molar-refractivity contribution in [3.8, 4) is 5.75 Å². The van der Waals surface area contributed by atoms with Gasteiger partial charge in [0.25, 0.3) is 0 Å². The molecule has 0 spiro atoms. The lowest BCUT2D eigenvalue weighted by atomic mass is 10.2. The van der Waals surface area contributed by atoms with Crippen LogP contribution in [0.4, 0.5) is 0 Å². The van der Waals surface area contributed by atoms with E-state index >= 15 is 0 Å². The van der Waals surface area contributed by atoms with Crippen LogP contribution in [0, 0.1) is 0 Å². The average molecular weight is 237 g/mol. The summed E-state index contributed by atoms with van der Waals surface area (Å²) >= 11 is 0. The fraction of sp³-hybridized carbons (Fsp3) is 0.417. The summed E-state index contributed by atoms with van der Waals surface area (Å²) in [6.07, 6.45) is -0.301. The van der Waals surface area contributed by atoms with Gasteiger partial charge < -0.3 is 19.8 Å². The molecule has 1 saturated heterocycles. The van der Waals surface area contributed by atoms with Crippen molar-refractivity contribution in [3.63, 3.8) is 0 Å². The van der Waals surface area contributed by atoms with Crippen LogP contribution >= 0.6 is 0 Å². The highest BCUT2D eigenvalue weighted by atomic mass is 16.5. The van der Waals surface area contributed by atoms with E-state index in [9.17, 15) is 4.79 Å². The molecule has 1 aromatic rings. The third-order valence-corrected chi connectivity index (χ3v) is 2.73. The molecule has 0 aliphatic carbocycles. The van der Waals surface area contributed by atoms with Gasteiger partial charge in [0, 0.05) is 13.1 Å². The predicted molar refractivity (Wildman–Crippen MR) is 60.3 cm³/mol. The van der Waals surface area contributed by atoms with Gasteiger partial charge in [-0.25, -0.2) is 0 Å². The molecule has 2 N–H and O–H groups in total. The van der Waals surface area contributed by atoms with E-state index in [1.54, 1.807) is 29.2 Å². The van der Waals surface area contributed by atoms with E-state index in [0.717, 1.165) is 5.56 Å². The molecule has 2 rings (SSSR count). The molecule has 5 nitrogen and oxygen atoms in total. The molecule has 1 amide bonds. The van der Waals surface area contributed by atoms with Crippen molar-refractivity contribution in [1.82, 2.24) is 4.90 Å². The van der Waals surface area contributed by atoms with E-state index in [-0.39, 0.29) is 31.0 Å². The van der Waals surface area contributed by atoms with Crippen LogP contribution in [0.3, 0.4) is 0 Å². The lowest BCUT2D eigenvalue weighted by molar-refractivity contribution is -0.151. The van der Waals surface area contributed by atoms with Crippen molar-refractivity contribution in [1.29, 1.82) is 0 Å². The number of phenols is 1. The Morgan fingerprint density at radius 3 is 2.71 bits per heavy atom. The first kappa shape index (κ1) is 11.9. The summed E-state index contributed by atoms with van der Waals surface area (Å²) in [6, 6.07) is 6.71. The molecule has 0 aromatic heterocycles. The van der Waals surface area contributed by atoms with Gasteiger partial charge in [-0.2, -0.15) is 0 Å². The van der Waals surface area contributed by atoms with Crippen molar-refractivity contribution in [2.45, 2.75) is 12.6 Å². The summed E-state index contributed by atoms with van der Waals surface area (Å²) in [5, 5.41) is 18.2. The molecule has 1 atom stereocenters. The second-order valence-corrected chi connectivity index (χ2v) is 4.06. The number of aromatic hydroxyl groups is 1. The van der Waals surface area contributed by atoms with E-state index in [1.807, 2.05) is 0 Å². The Kier molecular flexibility index (Phi) is 3.61. The first-order valence-electron chi connectivity index (χ1n) is 5.47. The molecule has 1 heterocycles. The SMILES string of the molecule is O=C1COC(CO)CN1Cc1ccc(O)cc1. The van der Waals surface area contributed by atoms with Gasteiger partial charge in [0.2, 0.25) is 5.91 Å². The zero-order chi connectivity index (χ0) is 12.3. The summed E-state index contributed by atoms with van der Waals surface area (Å²) < 4.78 is 5.15. The monoisotopic (exact) mass is 237 g/mol. The topological polar surface area (TPSA) is 70.0 Å². The van der Waals surface area contributed by atoms with Crippen LogP contribution in [0.15, 0.2) is 24.3 Å². The van der Waals surface area contributed by atoms with Crippen molar-refractivity contribution in [2.24, 2.45) is 0 Å². The quantitative estimate of drug-likeness (QED) is 0.783. The number of carbonyl (C=O) groups excluding carboxylic acids is 1. The fourth-order valence-corrected chi connectivity index (χ4v) is 1.77. The molecule has 0 radical (unpaired) electrons. The Hall–Kier alpha value is -1.59. The number of hydrogen-bond acceptors (Lipinski definition) is 4. The van der Waals surface area contributed by atoms with Gasteiger partial charge in [0.05, 0.1) is 12.7 Å². The first-order valence-corrected chi connectivity index (χ1v) is 5.47. The van der Waals surface area contributed by atoms with E-state index in [2.05, 4.69) is 0 Å². The second-order valence-electron chi connectivity index (χ2n) is 4.06.